The number of carboxylic acids is 1. The Bertz CT molecular complexity index is 350. The van der Waals surface area contributed by atoms with E-state index in [9.17, 15) is 9.59 Å². The molecule has 2 N–H and O–H groups in total. The minimum Gasteiger partial charge on any atom is -0.476 e. The highest BCUT2D eigenvalue weighted by molar-refractivity contribution is 9.10. The van der Waals surface area contributed by atoms with Crippen LogP contribution in [-0.2, 0) is 0 Å². The van der Waals surface area contributed by atoms with E-state index in [0.717, 1.165) is 0 Å². The van der Waals surface area contributed by atoms with Crippen molar-refractivity contribution < 1.29 is 19.8 Å². The summed E-state index contributed by atoms with van der Waals surface area (Å²) in [7, 11) is 0. The summed E-state index contributed by atoms with van der Waals surface area (Å²) in [5.41, 5.74) is -0.0650. The van der Waals surface area contributed by atoms with Gasteiger partial charge in [0, 0.05) is 0 Å². The number of aromatic nitrogens is 2. The van der Waals surface area contributed by atoms with Gasteiger partial charge in [0.25, 0.3) is 0 Å². The van der Waals surface area contributed by atoms with Crippen molar-refractivity contribution in [3.05, 3.63) is 15.9 Å². The minimum absolute atomic E-state index is 0.183. The summed E-state index contributed by atoms with van der Waals surface area (Å²) >= 11 is 2.94. The van der Waals surface area contributed by atoms with Gasteiger partial charge in [0.05, 0.1) is 10.2 Å². The zero-order valence-electron chi connectivity index (χ0n) is 6.48. The predicted octanol–water partition coefficient (Wildman–Crippen LogP) is 1.18. The fraction of sp³-hybridized carbons (Fsp3) is 0.167. The Labute approximate surface area is 80.9 Å². The summed E-state index contributed by atoms with van der Waals surface area (Å²) in [5, 5.41) is 20.5. The standard InChI is InChI=1S/C6H5BrN2O4/c1-2-3(7)4(5(10)11)8-9(2)6(12)13/h1H3,(H,10,11)(H,12,13). The molecule has 0 aliphatic carbocycles. The van der Waals surface area contributed by atoms with Crippen LogP contribution in [0.15, 0.2) is 4.47 Å². The van der Waals surface area contributed by atoms with E-state index < -0.39 is 12.1 Å². The summed E-state index contributed by atoms with van der Waals surface area (Å²) < 4.78 is 0.787. The van der Waals surface area contributed by atoms with Gasteiger partial charge in [-0.25, -0.2) is 9.59 Å². The Morgan fingerprint density at radius 3 is 2.23 bits per heavy atom. The zero-order valence-corrected chi connectivity index (χ0v) is 8.07. The summed E-state index contributed by atoms with van der Waals surface area (Å²) in [6.07, 6.45) is -1.31. The molecule has 1 aromatic heterocycles. The van der Waals surface area contributed by atoms with Crippen LogP contribution in [-0.4, -0.2) is 32.1 Å². The van der Waals surface area contributed by atoms with Crippen LogP contribution in [0.5, 0.6) is 0 Å². The molecule has 0 aromatic carbocycles. The second-order valence-electron chi connectivity index (χ2n) is 2.25. The molecule has 0 saturated carbocycles. The van der Waals surface area contributed by atoms with Crippen LogP contribution in [0.2, 0.25) is 0 Å². The molecule has 0 amide bonds. The number of hydrogen-bond donors (Lipinski definition) is 2. The van der Waals surface area contributed by atoms with Crippen molar-refractivity contribution in [1.82, 2.24) is 9.78 Å². The largest absolute Gasteiger partial charge is 0.476 e. The maximum atomic E-state index is 10.5. The number of carboxylic acid groups (broad SMARTS) is 2. The van der Waals surface area contributed by atoms with Gasteiger partial charge in [-0.15, -0.1) is 0 Å². The summed E-state index contributed by atoms with van der Waals surface area (Å²) in [5.74, 6) is -1.27. The van der Waals surface area contributed by atoms with Crippen LogP contribution >= 0.6 is 15.9 Å². The van der Waals surface area contributed by atoms with Crippen molar-refractivity contribution in [3.8, 4) is 0 Å². The lowest BCUT2D eigenvalue weighted by molar-refractivity contribution is 0.0689. The molecule has 0 aliphatic rings. The maximum Gasteiger partial charge on any atom is 0.432 e. The molecule has 0 radical (unpaired) electrons. The molecule has 1 aromatic rings. The summed E-state index contributed by atoms with van der Waals surface area (Å²) in [6, 6.07) is 0. The van der Waals surface area contributed by atoms with Crippen molar-refractivity contribution in [2.24, 2.45) is 0 Å². The van der Waals surface area contributed by atoms with Crippen LogP contribution < -0.4 is 0 Å². The highest BCUT2D eigenvalue weighted by atomic mass is 79.9. The molecular weight excluding hydrogens is 244 g/mol. The number of carbonyl (C=O) groups is 2. The number of halogens is 1. The van der Waals surface area contributed by atoms with E-state index in [2.05, 4.69) is 21.0 Å². The molecule has 0 bridgehead atoms. The van der Waals surface area contributed by atoms with Gasteiger partial charge >= 0.3 is 12.1 Å². The summed E-state index contributed by atoms with van der Waals surface area (Å²) in [4.78, 5) is 21.0. The molecule has 1 rings (SSSR count). The highest BCUT2D eigenvalue weighted by Gasteiger charge is 2.20. The second-order valence-corrected chi connectivity index (χ2v) is 3.04. The van der Waals surface area contributed by atoms with E-state index in [-0.39, 0.29) is 15.9 Å². The fourth-order valence-electron chi connectivity index (χ4n) is 0.806. The first kappa shape index (κ1) is 9.72. The first-order chi connectivity index (χ1) is 5.95. The van der Waals surface area contributed by atoms with Crippen LogP contribution in [0.1, 0.15) is 16.2 Å². The van der Waals surface area contributed by atoms with Gasteiger partial charge in [0.15, 0.2) is 5.69 Å². The van der Waals surface area contributed by atoms with Crippen molar-refractivity contribution in [2.45, 2.75) is 6.92 Å². The van der Waals surface area contributed by atoms with E-state index in [1.165, 1.54) is 6.92 Å². The average Bonchev–Trinajstić information content (AvgIpc) is 2.29. The third-order valence-corrected chi connectivity index (χ3v) is 2.38. The smallest absolute Gasteiger partial charge is 0.432 e. The van der Waals surface area contributed by atoms with Crippen LogP contribution in [0.3, 0.4) is 0 Å². The second kappa shape index (κ2) is 3.17. The monoisotopic (exact) mass is 248 g/mol. The minimum atomic E-state index is -1.31. The number of rotatable bonds is 1. The first-order valence-electron chi connectivity index (χ1n) is 3.17. The molecule has 0 unspecified atom stereocenters. The van der Waals surface area contributed by atoms with Crippen molar-refractivity contribution in [3.63, 3.8) is 0 Å². The van der Waals surface area contributed by atoms with Gasteiger partial charge in [-0.1, -0.05) is 0 Å². The highest BCUT2D eigenvalue weighted by Crippen LogP contribution is 2.20. The Kier molecular flexibility index (Phi) is 2.37. The third kappa shape index (κ3) is 1.55. The molecule has 0 aliphatic heterocycles. The molecule has 70 valence electrons. The van der Waals surface area contributed by atoms with Gasteiger partial charge in [-0.3, -0.25) is 0 Å². The number of hydrogen-bond acceptors (Lipinski definition) is 3. The van der Waals surface area contributed by atoms with Gasteiger partial charge < -0.3 is 10.2 Å². The quantitative estimate of drug-likeness (QED) is 0.779. The molecule has 0 spiro atoms. The van der Waals surface area contributed by atoms with E-state index in [4.69, 9.17) is 10.2 Å². The van der Waals surface area contributed by atoms with Gasteiger partial charge in [0.2, 0.25) is 0 Å². The van der Waals surface area contributed by atoms with Crippen LogP contribution in [0, 0.1) is 6.92 Å². The van der Waals surface area contributed by atoms with Gasteiger partial charge in [0.1, 0.15) is 0 Å². The Morgan fingerprint density at radius 1 is 1.46 bits per heavy atom. The molecular formula is C6H5BrN2O4. The SMILES string of the molecule is Cc1c(Br)c(C(=O)O)nn1C(=O)O. The molecule has 0 fully saturated rings. The van der Waals surface area contributed by atoms with E-state index in [0.29, 0.717) is 4.68 Å². The lowest BCUT2D eigenvalue weighted by atomic mass is 10.4. The molecule has 13 heavy (non-hydrogen) atoms. The zero-order chi connectivity index (χ0) is 10.2. The Hall–Kier alpha value is -1.37. The van der Waals surface area contributed by atoms with Gasteiger partial charge in [-0.2, -0.15) is 9.78 Å². The average molecular weight is 249 g/mol. The normalized spacial score (nSPS) is 10.0. The van der Waals surface area contributed by atoms with E-state index in [1.807, 2.05) is 0 Å². The number of nitrogens with zero attached hydrogens (tertiary/aromatic N) is 2. The van der Waals surface area contributed by atoms with E-state index >= 15 is 0 Å². The van der Waals surface area contributed by atoms with Gasteiger partial charge in [-0.05, 0) is 22.9 Å². The lowest BCUT2D eigenvalue weighted by Gasteiger charge is -1.93. The van der Waals surface area contributed by atoms with Crippen LogP contribution in [0.25, 0.3) is 0 Å². The summed E-state index contributed by atoms with van der Waals surface area (Å²) in [6.45, 7) is 1.46. The first-order valence-corrected chi connectivity index (χ1v) is 3.96. The van der Waals surface area contributed by atoms with Crippen LogP contribution in [0.4, 0.5) is 4.79 Å². The van der Waals surface area contributed by atoms with Crippen molar-refractivity contribution in [2.75, 3.05) is 0 Å². The molecule has 0 saturated heterocycles. The molecule has 7 heteroatoms. The molecule has 6 nitrogen and oxygen atoms in total. The molecule has 1 heterocycles. The number of aromatic carboxylic acids is 1. The van der Waals surface area contributed by atoms with Crippen molar-refractivity contribution >= 4 is 28.0 Å². The van der Waals surface area contributed by atoms with Crippen molar-refractivity contribution in [1.29, 1.82) is 0 Å². The third-order valence-electron chi connectivity index (χ3n) is 1.43. The Morgan fingerprint density at radius 2 is 2.00 bits per heavy atom. The Balaban J connectivity index is 3.36. The maximum absolute atomic E-state index is 10.5. The fourth-order valence-corrected chi connectivity index (χ4v) is 1.22. The predicted molar refractivity (Wildman–Crippen MR) is 45.0 cm³/mol. The van der Waals surface area contributed by atoms with E-state index in [1.54, 1.807) is 0 Å². The topological polar surface area (TPSA) is 92.4 Å². The lowest BCUT2D eigenvalue weighted by Crippen LogP contribution is -2.12. The molecule has 0 atom stereocenters.